The predicted octanol–water partition coefficient (Wildman–Crippen LogP) is 1.84. The number of hydrogen-bond acceptors (Lipinski definition) is 4. The second-order valence-corrected chi connectivity index (χ2v) is 6.65. The Morgan fingerprint density at radius 3 is 2.64 bits per heavy atom. The van der Waals surface area contributed by atoms with Crippen molar-refractivity contribution in [3.63, 3.8) is 0 Å². The summed E-state index contributed by atoms with van der Waals surface area (Å²) < 4.78 is 28.4. The van der Waals surface area contributed by atoms with E-state index in [0.717, 1.165) is 22.8 Å². The maximum Gasteiger partial charge on any atom is 0.330 e. The Bertz CT molecular complexity index is 1180. The summed E-state index contributed by atoms with van der Waals surface area (Å²) in [6.45, 7) is 0.437. The summed E-state index contributed by atoms with van der Waals surface area (Å²) in [6.07, 6.45) is 2.17. The lowest BCUT2D eigenvalue weighted by atomic mass is 10.0. The lowest BCUT2D eigenvalue weighted by Gasteiger charge is -2.32. The first-order chi connectivity index (χ1) is 13.5. The van der Waals surface area contributed by atoms with E-state index in [9.17, 15) is 23.2 Å². The highest BCUT2D eigenvalue weighted by Gasteiger charge is 2.28. The SMILES string of the molecule is O=C(c1cc(F)ccc1F)N1CCC(n2c(=O)[nH]c3ncccc3c2=O)CC1. The quantitative estimate of drug-likeness (QED) is 0.728. The van der Waals surface area contributed by atoms with Crippen molar-refractivity contribution in [3.8, 4) is 0 Å². The van der Waals surface area contributed by atoms with E-state index in [2.05, 4.69) is 9.97 Å². The van der Waals surface area contributed by atoms with Gasteiger partial charge in [0.05, 0.1) is 10.9 Å². The Labute approximate surface area is 157 Å². The summed E-state index contributed by atoms with van der Waals surface area (Å²) in [4.78, 5) is 45.5. The molecule has 1 aromatic carbocycles. The number of benzene rings is 1. The molecule has 2 aromatic heterocycles. The van der Waals surface area contributed by atoms with Crippen LogP contribution in [0.1, 0.15) is 29.2 Å². The zero-order chi connectivity index (χ0) is 19.8. The van der Waals surface area contributed by atoms with Gasteiger partial charge in [-0.25, -0.2) is 18.6 Å². The first-order valence-electron chi connectivity index (χ1n) is 8.79. The summed E-state index contributed by atoms with van der Waals surface area (Å²) in [5.74, 6) is -2.09. The third kappa shape index (κ3) is 3.08. The maximum atomic E-state index is 13.9. The van der Waals surface area contributed by atoms with Gasteiger partial charge in [-0.15, -0.1) is 0 Å². The van der Waals surface area contributed by atoms with Crippen LogP contribution in [0.5, 0.6) is 0 Å². The molecule has 7 nitrogen and oxygen atoms in total. The third-order valence-corrected chi connectivity index (χ3v) is 4.98. The monoisotopic (exact) mass is 386 g/mol. The second kappa shape index (κ2) is 6.99. The highest BCUT2D eigenvalue weighted by molar-refractivity contribution is 5.94. The van der Waals surface area contributed by atoms with Crippen LogP contribution in [0, 0.1) is 11.6 Å². The first kappa shape index (κ1) is 18.0. The molecule has 1 N–H and O–H groups in total. The number of hydrogen-bond donors (Lipinski definition) is 1. The normalized spacial score (nSPS) is 15.1. The summed E-state index contributed by atoms with van der Waals surface area (Å²) in [6, 6.07) is 5.53. The van der Waals surface area contributed by atoms with Crippen LogP contribution < -0.4 is 11.2 Å². The molecule has 1 amide bonds. The summed E-state index contributed by atoms with van der Waals surface area (Å²) in [5, 5.41) is 0.308. The van der Waals surface area contributed by atoms with Gasteiger partial charge in [0.2, 0.25) is 0 Å². The number of nitrogens with zero attached hydrogens (tertiary/aromatic N) is 3. The summed E-state index contributed by atoms with van der Waals surface area (Å²) in [7, 11) is 0. The van der Waals surface area contributed by atoms with Crippen LogP contribution in [0.15, 0.2) is 46.1 Å². The van der Waals surface area contributed by atoms with Gasteiger partial charge >= 0.3 is 5.69 Å². The molecule has 0 saturated carbocycles. The van der Waals surface area contributed by atoms with E-state index in [1.54, 1.807) is 12.1 Å². The van der Waals surface area contributed by atoms with E-state index >= 15 is 0 Å². The molecular weight excluding hydrogens is 370 g/mol. The molecule has 0 radical (unpaired) electrons. The molecule has 1 saturated heterocycles. The maximum absolute atomic E-state index is 13.9. The van der Waals surface area contributed by atoms with Crippen molar-refractivity contribution >= 4 is 16.9 Å². The Kier molecular flexibility index (Phi) is 4.50. The number of nitrogens with one attached hydrogen (secondary N) is 1. The topological polar surface area (TPSA) is 88.1 Å². The van der Waals surface area contributed by atoms with E-state index in [-0.39, 0.29) is 24.3 Å². The minimum atomic E-state index is -0.789. The largest absolute Gasteiger partial charge is 0.338 e. The van der Waals surface area contributed by atoms with Crippen molar-refractivity contribution in [2.75, 3.05) is 13.1 Å². The molecule has 0 bridgehead atoms. The first-order valence-corrected chi connectivity index (χ1v) is 8.79. The molecule has 0 unspecified atom stereocenters. The predicted molar refractivity (Wildman–Crippen MR) is 97.2 cm³/mol. The fourth-order valence-corrected chi connectivity index (χ4v) is 3.55. The fraction of sp³-hybridized carbons (Fsp3) is 0.263. The van der Waals surface area contributed by atoms with Crippen molar-refractivity contribution in [2.24, 2.45) is 0 Å². The lowest BCUT2D eigenvalue weighted by Crippen LogP contribution is -2.45. The molecule has 9 heteroatoms. The molecule has 0 aliphatic carbocycles. The Balaban J connectivity index is 1.57. The second-order valence-electron chi connectivity index (χ2n) is 6.65. The number of carbonyl (C=O) groups excluding carboxylic acids is 1. The number of likely N-dealkylation sites (tertiary alicyclic amines) is 1. The van der Waals surface area contributed by atoms with Crippen LogP contribution in [0.25, 0.3) is 11.0 Å². The molecule has 1 aliphatic heterocycles. The third-order valence-electron chi connectivity index (χ3n) is 4.98. The van der Waals surface area contributed by atoms with E-state index in [4.69, 9.17) is 0 Å². The van der Waals surface area contributed by atoms with Gasteiger partial charge < -0.3 is 4.90 Å². The highest BCUT2D eigenvalue weighted by Crippen LogP contribution is 2.22. The Morgan fingerprint density at radius 2 is 1.89 bits per heavy atom. The molecule has 0 spiro atoms. The summed E-state index contributed by atoms with van der Waals surface area (Å²) >= 11 is 0. The highest BCUT2D eigenvalue weighted by atomic mass is 19.1. The molecule has 0 atom stereocenters. The molecule has 1 aliphatic rings. The van der Waals surface area contributed by atoms with Crippen LogP contribution in [-0.2, 0) is 0 Å². The van der Waals surface area contributed by atoms with Gasteiger partial charge in [-0.3, -0.25) is 19.1 Å². The summed E-state index contributed by atoms with van der Waals surface area (Å²) in [5.41, 5.74) is -1.10. The number of rotatable bonds is 2. The molecule has 1 fully saturated rings. The zero-order valence-electron chi connectivity index (χ0n) is 14.7. The van der Waals surface area contributed by atoms with Gasteiger partial charge in [-0.05, 0) is 43.2 Å². The molecular formula is C19H16F2N4O3. The van der Waals surface area contributed by atoms with Crippen LogP contribution in [0.3, 0.4) is 0 Å². The minimum absolute atomic E-state index is 0.219. The fourth-order valence-electron chi connectivity index (χ4n) is 3.55. The lowest BCUT2D eigenvalue weighted by molar-refractivity contribution is 0.0687. The van der Waals surface area contributed by atoms with Gasteiger partial charge in [0.25, 0.3) is 11.5 Å². The van der Waals surface area contributed by atoms with Gasteiger partial charge in [0.1, 0.15) is 17.3 Å². The molecule has 144 valence electrons. The number of halogens is 2. The minimum Gasteiger partial charge on any atom is -0.338 e. The number of pyridine rings is 1. The number of aromatic nitrogens is 3. The standard InChI is InChI=1S/C19H16F2N4O3/c20-11-3-4-15(21)14(10-11)17(26)24-8-5-12(6-9-24)25-18(27)13-2-1-7-22-16(13)23-19(25)28/h1-4,7,10,12H,5-6,8-9H2,(H,22,23,28). The van der Waals surface area contributed by atoms with Crippen molar-refractivity contribution < 1.29 is 13.6 Å². The number of amides is 1. The van der Waals surface area contributed by atoms with Gasteiger partial charge in [-0.2, -0.15) is 0 Å². The van der Waals surface area contributed by atoms with Crippen molar-refractivity contribution in [3.05, 3.63) is 74.6 Å². The molecule has 3 heterocycles. The van der Waals surface area contributed by atoms with Crippen molar-refractivity contribution in [1.29, 1.82) is 0 Å². The van der Waals surface area contributed by atoms with Crippen LogP contribution in [0.2, 0.25) is 0 Å². The smallest absolute Gasteiger partial charge is 0.330 e. The van der Waals surface area contributed by atoms with Gasteiger partial charge in [0.15, 0.2) is 0 Å². The van der Waals surface area contributed by atoms with Crippen LogP contribution in [-0.4, -0.2) is 38.4 Å². The van der Waals surface area contributed by atoms with E-state index in [0.29, 0.717) is 18.2 Å². The molecule has 28 heavy (non-hydrogen) atoms. The number of H-pyrrole nitrogens is 1. The van der Waals surface area contributed by atoms with E-state index in [1.165, 1.54) is 11.1 Å². The Hall–Kier alpha value is -3.36. The molecule has 3 aromatic rings. The van der Waals surface area contributed by atoms with E-state index in [1.807, 2.05) is 0 Å². The van der Waals surface area contributed by atoms with Gasteiger partial charge in [0, 0.05) is 25.3 Å². The number of aromatic amines is 1. The number of fused-ring (bicyclic) bond motifs is 1. The average molecular weight is 386 g/mol. The Morgan fingerprint density at radius 1 is 1.14 bits per heavy atom. The zero-order valence-corrected chi connectivity index (χ0v) is 14.7. The molecule has 4 rings (SSSR count). The number of piperidine rings is 1. The van der Waals surface area contributed by atoms with Crippen LogP contribution >= 0.6 is 0 Å². The van der Waals surface area contributed by atoms with Crippen molar-refractivity contribution in [1.82, 2.24) is 19.4 Å². The van der Waals surface area contributed by atoms with Crippen LogP contribution in [0.4, 0.5) is 8.78 Å². The average Bonchev–Trinajstić information content (AvgIpc) is 2.70. The van der Waals surface area contributed by atoms with Gasteiger partial charge in [-0.1, -0.05) is 0 Å². The number of carbonyl (C=O) groups is 1. The van der Waals surface area contributed by atoms with Crippen molar-refractivity contribution in [2.45, 2.75) is 18.9 Å². The van der Waals surface area contributed by atoms with E-state index < -0.39 is 34.8 Å².